The normalized spacial score (nSPS) is 14.1. The summed E-state index contributed by atoms with van der Waals surface area (Å²) in [6.45, 7) is 4.83. The van der Waals surface area contributed by atoms with Gasteiger partial charge in [0.15, 0.2) is 5.75 Å². The molecule has 1 heterocycles. The number of benzene rings is 1. The van der Waals surface area contributed by atoms with E-state index in [0.29, 0.717) is 17.9 Å². The SMILES string of the molecule is CN(C(=O)c1cccc2c1OCCN2)C(C)(C)CO. The Balaban J connectivity index is 2.34. The van der Waals surface area contributed by atoms with Crippen LogP contribution in [0.3, 0.4) is 0 Å². The topological polar surface area (TPSA) is 61.8 Å². The second-order valence-electron chi connectivity index (χ2n) is 5.29. The summed E-state index contributed by atoms with van der Waals surface area (Å²) in [5, 5.41) is 12.6. The Morgan fingerprint density at radius 1 is 1.53 bits per heavy atom. The van der Waals surface area contributed by atoms with Gasteiger partial charge in [0.25, 0.3) is 5.91 Å². The van der Waals surface area contributed by atoms with E-state index in [1.54, 1.807) is 18.0 Å². The van der Waals surface area contributed by atoms with E-state index < -0.39 is 5.54 Å². The number of nitrogens with zero attached hydrogens (tertiary/aromatic N) is 1. The van der Waals surface area contributed by atoms with Crippen molar-refractivity contribution >= 4 is 11.6 Å². The number of aliphatic hydroxyl groups is 1. The van der Waals surface area contributed by atoms with Gasteiger partial charge in [-0.1, -0.05) is 6.07 Å². The minimum atomic E-state index is -0.609. The summed E-state index contributed by atoms with van der Waals surface area (Å²) in [5.74, 6) is 0.443. The minimum Gasteiger partial charge on any atom is -0.489 e. The van der Waals surface area contributed by atoms with Gasteiger partial charge in [-0.15, -0.1) is 0 Å². The molecular weight excluding hydrogens is 244 g/mol. The monoisotopic (exact) mass is 264 g/mol. The number of rotatable bonds is 3. The van der Waals surface area contributed by atoms with Crippen molar-refractivity contribution in [1.82, 2.24) is 4.90 Å². The van der Waals surface area contributed by atoms with Gasteiger partial charge in [-0.25, -0.2) is 0 Å². The summed E-state index contributed by atoms with van der Waals surface area (Å²) in [4.78, 5) is 14.1. The molecule has 0 spiro atoms. The molecule has 5 heteroatoms. The molecular formula is C14H20N2O3. The molecule has 1 aliphatic rings. The first-order chi connectivity index (χ1) is 8.97. The van der Waals surface area contributed by atoms with E-state index in [1.807, 2.05) is 26.0 Å². The maximum atomic E-state index is 12.5. The second kappa shape index (κ2) is 5.09. The summed E-state index contributed by atoms with van der Waals surface area (Å²) in [5.41, 5.74) is 0.753. The lowest BCUT2D eigenvalue weighted by Crippen LogP contribution is -2.47. The van der Waals surface area contributed by atoms with Crippen LogP contribution in [0, 0.1) is 0 Å². The number of nitrogens with one attached hydrogen (secondary N) is 1. The van der Waals surface area contributed by atoms with Gasteiger partial charge in [-0.05, 0) is 26.0 Å². The zero-order valence-corrected chi connectivity index (χ0v) is 11.6. The highest BCUT2D eigenvalue weighted by atomic mass is 16.5. The fraction of sp³-hybridized carbons (Fsp3) is 0.500. The fourth-order valence-corrected chi connectivity index (χ4v) is 1.90. The molecule has 1 aliphatic heterocycles. The van der Waals surface area contributed by atoms with E-state index in [9.17, 15) is 9.90 Å². The van der Waals surface area contributed by atoms with Crippen molar-refractivity contribution in [3.05, 3.63) is 23.8 Å². The van der Waals surface area contributed by atoms with Crippen LogP contribution in [0.2, 0.25) is 0 Å². The van der Waals surface area contributed by atoms with Crippen molar-refractivity contribution < 1.29 is 14.6 Å². The minimum absolute atomic E-state index is 0.0939. The Morgan fingerprint density at radius 2 is 2.26 bits per heavy atom. The summed E-state index contributed by atoms with van der Waals surface area (Å²) < 4.78 is 5.60. The first kappa shape index (κ1) is 13.7. The van der Waals surface area contributed by atoms with E-state index in [0.717, 1.165) is 12.2 Å². The Labute approximate surface area is 113 Å². The molecule has 2 rings (SSSR count). The van der Waals surface area contributed by atoms with Crippen LogP contribution in [0.4, 0.5) is 5.69 Å². The van der Waals surface area contributed by atoms with Gasteiger partial charge < -0.3 is 20.1 Å². The molecule has 0 unspecified atom stereocenters. The lowest BCUT2D eigenvalue weighted by Gasteiger charge is -2.34. The number of anilines is 1. The quantitative estimate of drug-likeness (QED) is 0.864. The largest absolute Gasteiger partial charge is 0.489 e. The highest BCUT2D eigenvalue weighted by Crippen LogP contribution is 2.32. The van der Waals surface area contributed by atoms with E-state index in [-0.39, 0.29) is 12.5 Å². The van der Waals surface area contributed by atoms with Gasteiger partial charge in [-0.3, -0.25) is 4.79 Å². The number of hydrogen-bond donors (Lipinski definition) is 2. The van der Waals surface area contributed by atoms with Crippen molar-refractivity contribution in [2.75, 3.05) is 32.1 Å². The first-order valence-corrected chi connectivity index (χ1v) is 6.36. The molecule has 104 valence electrons. The smallest absolute Gasteiger partial charge is 0.257 e. The van der Waals surface area contributed by atoms with Crippen LogP contribution in [0.1, 0.15) is 24.2 Å². The lowest BCUT2D eigenvalue weighted by atomic mass is 10.0. The Hall–Kier alpha value is -1.75. The van der Waals surface area contributed by atoms with Crippen molar-refractivity contribution in [3.8, 4) is 5.75 Å². The van der Waals surface area contributed by atoms with E-state index in [1.165, 1.54) is 0 Å². The fourth-order valence-electron chi connectivity index (χ4n) is 1.90. The molecule has 0 radical (unpaired) electrons. The Kier molecular flexibility index (Phi) is 3.66. The van der Waals surface area contributed by atoms with Crippen LogP contribution < -0.4 is 10.1 Å². The number of aliphatic hydroxyl groups excluding tert-OH is 1. The number of carbonyl (C=O) groups is 1. The average molecular weight is 264 g/mol. The number of likely N-dealkylation sites (N-methyl/N-ethyl adjacent to an activating group) is 1. The maximum Gasteiger partial charge on any atom is 0.257 e. The maximum absolute atomic E-state index is 12.5. The van der Waals surface area contributed by atoms with Crippen LogP contribution in [-0.2, 0) is 0 Å². The summed E-state index contributed by atoms with van der Waals surface area (Å²) >= 11 is 0. The molecule has 1 aromatic rings. The van der Waals surface area contributed by atoms with Gasteiger partial charge >= 0.3 is 0 Å². The average Bonchev–Trinajstić information content (AvgIpc) is 2.45. The molecule has 0 saturated carbocycles. The summed E-state index contributed by atoms with van der Waals surface area (Å²) in [6.07, 6.45) is 0. The van der Waals surface area contributed by atoms with Crippen molar-refractivity contribution in [3.63, 3.8) is 0 Å². The molecule has 1 amide bonds. The molecule has 5 nitrogen and oxygen atoms in total. The number of amides is 1. The molecule has 19 heavy (non-hydrogen) atoms. The van der Waals surface area contributed by atoms with E-state index >= 15 is 0 Å². The number of ether oxygens (including phenoxy) is 1. The molecule has 1 aromatic carbocycles. The number of fused-ring (bicyclic) bond motifs is 1. The van der Waals surface area contributed by atoms with Crippen molar-refractivity contribution in [2.45, 2.75) is 19.4 Å². The third kappa shape index (κ3) is 2.51. The number of hydrogen-bond acceptors (Lipinski definition) is 4. The molecule has 0 aliphatic carbocycles. The molecule has 0 aromatic heterocycles. The van der Waals surface area contributed by atoms with Gasteiger partial charge in [0.2, 0.25) is 0 Å². The standard InChI is InChI=1S/C14H20N2O3/c1-14(2,9-17)16(3)13(18)10-5-4-6-11-12(10)19-8-7-15-11/h4-6,15,17H,7-9H2,1-3H3. The van der Waals surface area contributed by atoms with Crippen molar-refractivity contribution in [2.24, 2.45) is 0 Å². The molecule has 0 atom stereocenters. The Bertz CT molecular complexity index is 486. The highest BCUT2D eigenvalue weighted by Gasteiger charge is 2.30. The third-order valence-corrected chi connectivity index (χ3v) is 3.51. The van der Waals surface area contributed by atoms with Crippen LogP contribution in [0.15, 0.2) is 18.2 Å². The van der Waals surface area contributed by atoms with Crippen molar-refractivity contribution in [1.29, 1.82) is 0 Å². The molecule has 0 saturated heterocycles. The highest BCUT2D eigenvalue weighted by molar-refractivity contribution is 5.99. The molecule has 0 bridgehead atoms. The molecule has 0 fully saturated rings. The third-order valence-electron chi connectivity index (χ3n) is 3.51. The number of carbonyl (C=O) groups excluding carboxylic acids is 1. The van der Waals surface area contributed by atoms with Crippen LogP contribution in [0.25, 0.3) is 0 Å². The van der Waals surface area contributed by atoms with Gasteiger partial charge in [0, 0.05) is 13.6 Å². The van der Waals surface area contributed by atoms with Gasteiger partial charge in [0.1, 0.15) is 6.61 Å². The molecule has 2 N–H and O–H groups in total. The predicted molar refractivity (Wildman–Crippen MR) is 73.7 cm³/mol. The van der Waals surface area contributed by atoms with E-state index in [4.69, 9.17) is 4.74 Å². The summed E-state index contributed by atoms with van der Waals surface area (Å²) in [7, 11) is 1.69. The van der Waals surface area contributed by atoms with Crippen LogP contribution >= 0.6 is 0 Å². The van der Waals surface area contributed by atoms with Crippen LogP contribution in [-0.4, -0.2) is 48.3 Å². The predicted octanol–water partition coefficient (Wildman–Crippen LogP) is 1.33. The summed E-state index contributed by atoms with van der Waals surface area (Å²) in [6, 6.07) is 5.47. The zero-order chi connectivity index (χ0) is 14.0. The van der Waals surface area contributed by atoms with Gasteiger partial charge in [0.05, 0.1) is 23.4 Å². The van der Waals surface area contributed by atoms with Gasteiger partial charge in [-0.2, -0.15) is 0 Å². The number of para-hydroxylation sites is 1. The van der Waals surface area contributed by atoms with E-state index in [2.05, 4.69) is 5.32 Å². The Morgan fingerprint density at radius 3 is 2.95 bits per heavy atom. The second-order valence-corrected chi connectivity index (χ2v) is 5.29. The lowest BCUT2D eigenvalue weighted by molar-refractivity contribution is 0.0469. The van der Waals surface area contributed by atoms with Crippen LogP contribution in [0.5, 0.6) is 5.75 Å². The first-order valence-electron chi connectivity index (χ1n) is 6.36. The zero-order valence-electron chi connectivity index (χ0n) is 11.6.